The first-order valence-electron chi connectivity index (χ1n) is 5.79. The first kappa shape index (κ1) is 13.0. The molecule has 0 aliphatic rings. The minimum absolute atomic E-state index is 0.724. The Balaban J connectivity index is 2.89. The Labute approximate surface area is 98.8 Å². The molecule has 0 fully saturated rings. The van der Waals surface area contributed by atoms with Gasteiger partial charge in [0.1, 0.15) is 0 Å². The number of aliphatic hydroxyl groups is 1. The largest absolute Gasteiger partial charge is 0.386 e. The van der Waals surface area contributed by atoms with E-state index in [1.165, 1.54) is 22.3 Å². The minimum Gasteiger partial charge on any atom is -0.386 e. The van der Waals surface area contributed by atoms with Crippen molar-refractivity contribution in [1.82, 2.24) is 0 Å². The SMILES string of the molecule is C=C[C@@](C)(O)CCc1c(C)ccc(C)c1C. The Morgan fingerprint density at radius 3 is 2.38 bits per heavy atom. The molecule has 0 unspecified atom stereocenters. The van der Waals surface area contributed by atoms with E-state index in [2.05, 4.69) is 39.5 Å². The van der Waals surface area contributed by atoms with Crippen molar-refractivity contribution in [3.05, 3.63) is 47.0 Å². The molecule has 0 amide bonds. The predicted octanol–water partition coefficient (Wildman–Crippen LogP) is 3.48. The quantitative estimate of drug-likeness (QED) is 0.767. The summed E-state index contributed by atoms with van der Waals surface area (Å²) in [6.07, 6.45) is 3.24. The maximum Gasteiger partial charge on any atom is 0.0800 e. The highest BCUT2D eigenvalue weighted by molar-refractivity contribution is 5.39. The maximum atomic E-state index is 9.92. The van der Waals surface area contributed by atoms with Crippen molar-refractivity contribution in [1.29, 1.82) is 0 Å². The summed E-state index contributed by atoms with van der Waals surface area (Å²) in [5, 5.41) is 9.92. The van der Waals surface area contributed by atoms with Crippen LogP contribution in [-0.4, -0.2) is 10.7 Å². The van der Waals surface area contributed by atoms with Crippen molar-refractivity contribution in [2.75, 3.05) is 0 Å². The Hall–Kier alpha value is -1.08. The lowest BCUT2D eigenvalue weighted by molar-refractivity contribution is 0.102. The number of hydrogen-bond acceptors (Lipinski definition) is 1. The number of hydrogen-bond donors (Lipinski definition) is 1. The fourth-order valence-electron chi connectivity index (χ4n) is 1.87. The summed E-state index contributed by atoms with van der Waals surface area (Å²) in [7, 11) is 0. The lowest BCUT2D eigenvalue weighted by Gasteiger charge is -2.20. The molecule has 16 heavy (non-hydrogen) atoms. The van der Waals surface area contributed by atoms with Crippen LogP contribution in [0.3, 0.4) is 0 Å². The maximum absolute atomic E-state index is 9.92. The molecule has 0 radical (unpaired) electrons. The first-order valence-corrected chi connectivity index (χ1v) is 5.79. The third-order valence-corrected chi connectivity index (χ3v) is 3.42. The van der Waals surface area contributed by atoms with Crippen molar-refractivity contribution in [3.63, 3.8) is 0 Å². The summed E-state index contributed by atoms with van der Waals surface area (Å²) in [6.45, 7) is 11.9. The van der Waals surface area contributed by atoms with Crippen molar-refractivity contribution in [2.24, 2.45) is 0 Å². The van der Waals surface area contributed by atoms with Gasteiger partial charge in [-0.25, -0.2) is 0 Å². The van der Waals surface area contributed by atoms with Gasteiger partial charge in [-0.05, 0) is 62.8 Å². The summed E-state index contributed by atoms with van der Waals surface area (Å²) in [4.78, 5) is 0. The van der Waals surface area contributed by atoms with Crippen LogP contribution in [-0.2, 0) is 6.42 Å². The highest BCUT2D eigenvalue weighted by Gasteiger charge is 2.16. The molecule has 1 aromatic carbocycles. The highest BCUT2D eigenvalue weighted by atomic mass is 16.3. The first-order chi connectivity index (χ1) is 7.37. The van der Waals surface area contributed by atoms with E-state index in [4.69, 9.17) is 0 Å². The lowest BCUT2D eigenvalue weighted by Crippen LogP contribution is -2.21. The van der Waals surface area contributed by atoms with Gasteiger partial charge >= 0.3 is 0 Å². The molecule has 0 bridgehead atoms. The van der Waals surface area contributed by atoms with Crippen LogP contribution in [0.5, 0.6) is 0 Å². The second-order valence-electron chi connectivity index (χ2n) is 4.86. The molecular formula is C15H22O. The van der Waals surface area contributed by atoms with Gasteiger partial charge in [0, 0.05) is 0 Å². The topological polar surface area (TPSA) is 20.2 Å². The second kappa shape index (κ2) is 4.84. The van der Waals surface area contributed by atoms with Gasteiger partial charge in [0.2, 0.25) is 0 Å². The van der Waals surface area contributed by atoms with Crippen LogP contribution >= 0.6 is 0 Å². The Kier molecular flexibility index (Phi) is 3.93. The summed E-state index contributed by atoms with van der Waals surface area (Å²) >= 11 is 0. The zero-order chi connectivity index (χ0) is 12.3. The third kappa shape index (κ3) is 2.96. The Morgan fingerprint density at radius 2 is 1.81 bits per heavy atom. The van der Waals surface area contributed by atoms with Crippen molar-refractivity contribution < 1.29 is 5.11 Å². The van der Waals surface area contributed by atoms with E-state index in [1.807, 2.05) is 0 Å². The van der Waals surface area contributed by atoms with Crippen LogP contribution in [0.2, 0.25) is 0 Å². The zero-order valence-corrected chi connectivity index (χ0v) is 10.8. The molecule has 0 aromatic heterocycles. The molecule has 1 atom stereocenters. The standard InChI is InChI=1S/C15H22O/c1-6-15(5,16)10-9-14-12(3)8-7-11(2)13(14)4/h6-8,16H,1,9-10H2,2-5H3/t15-/m1/s1. The minimum atomic E-state index is -0.761. The summed E-state index contributed by atoms with van der Waals surface area (Å²) in [5.41, 5.74) is 4.58. The number of aryl methyl sites for hydroxylation is 2. The van der Waals surface area contributed by atoms with E-state index < -0.39 is 5.60 Å². The number of rotatable bonds is 4. The van der Waals surface area contributed by atoms with E-state index in [9.17, 15) is 5.11 Å². The van der Waals surface area contributed by atoms with E-state index >= 15 is 0 Å². The highest BCUT2D eigenvalue weighted by Crippen LogP contribution is 2.22. The molecule has 0 spiro atoms. The lowest BCUT2D eigenvalue weighted by atomic mass is 9.90. The molecule has 1 heteroatoms. The zero-order valence-electron chi connectivity index (χ0n) is 10.8. The van der Waals surface area contributed by atoms with Gasteiger partial charge in [-0.2, -0.15) is 0 Å². The molecule has 1 nitrogen and oxygen atoms in total. The van der Waals surface area contributed by atoms with E-state index in [1.54, 1.807) is 13.0 Å². The average Bonchev–Trinajstić information content (AvgIpc) is 2.24. The molecule has 1 N–H and O–H groups in total. The summed E-state index contributed by atoms with van der Waals surface area (Å²) in [6, 6.07) is 4.31. The second-order valence-corrected chi connectivity index (χ2v) is 4.86. The molecule has 0 saturated carbocycles. The van der Waals surface area contributed by atoms with E-state index in [0.29, 0.717) is 0 Å². The monoisotopic (exact) mass is 218 g/mol. The van der Waals surface area contributed by atoms with Crippen LogP contribution in [0, 0.1) is 20.8 Å². The van der Waals surface area contributed by atoms with Crippen LogP contribution in [0.1, 0.15) is 35.6 Å². The van der Waals surface area contributed by atoms with Gasteiger partial charge in [0.25, 0.3) is 0 Å². The molecule has 0 heterocycles. The van der Waals surface area contributed by atoms with E-state index in [0.717, 1.165) is 12.8 Å². The van der Waals surface area contributed by atoms with Crippen molar-refractivity contribution >= 4 is 0 Å². The molecule has 0 aliphatic heterocycles. The number of benzene rings is 1. The molecule has 0 saturated heterocycles. The molecule has 1 rings (SSSR count). The Morgan fingerprint density at radius 1 is 1.25 bits per heavy atom. The average molecular weight is 218 g/mol. The molecule has 88 valence electrons. The fraction of sp³-hybridized carbons (Fsp3) is 0.467. The van der Waals surface area contributed by atoms with Crippen molar-refractivity contribution in [3.8, 4) is 0 Å². The third-order valence-electron chi connectivity index (χ3n) is 3.42. The van der Waals surface area contributed by atoms with E-state index in [-0.39, 0.29) is 0 Å². The molecule has 0 aliphatic carbocycles. The van der Waals surface area contributed by atoms with Crippen molar-refractivity contribution in [2.45, 2.75) is 46.1 Å². The molecule has 1 aromatic rings. The fourth-order valence-corrected chi connectivity index (χ4v) is 1.87. The van der Waals surface area contributed by atoms with Gasteiger partial charge in [0.15, 0.2) is 0 Å². The molecular weight excluding hydrogens is 196 g/mol. The summed E-state index contributed by atoms with van der Waals surface area (Å²) in [5.74, 6) is 0. The predicted molar refractivity (Wildman–Crippen MR) is 69.8 cm³/mol. The normalized spacial score (nSPS) is 14.6. The van der Waals surface area contributed by atoms with Gasteiger partial charge in [-0.1, -0.05) is 18.2 Å². The van der Waals surface area contributed by atoms with Gasteiger partial charge in [-0.15, -0.1) is 6.58 Å². The van der Waals surface area contributed by atoms with Crippen LogP contribution in [0.4, 0.5) is 0 Å². The van der Waals surface area contributed by atoms with Crippen LogP contribution in [0.25, 0.3) is 0 Å². The van der Waals surface area contributed by atoms with Crippen LogP contribution in [0.15, 0.2) is 24.8 Å². The van der Waals surface area contributed by atoms with Gasteiger partial charge < -0.3 is 5.11 Å². The summed E-state index contributed by atoms with van der Waals surface area (Å²) < 4.78 is 0. The Bertz CT molecular complexity index is 389. The van der Waals surface area contributed by atoms with Crippen LogP contribution < -0.4 is 0 Å². The smallest absolute Gasteiger partial charge is 0.0800 e. The van der Waals surface area contributed by atoms with Gasteiger partial charge in [-0.3, -0.25) is 0 Å². The van der Waals surface area contributed by atoms with Gasteiger partial charge in [0.05, 0.1) is 5.60 Å².